The third kappa shape index (κ3) is 4.75. The summed E-state index contributed by atoms with van der Waals surface area (Å²) in [4.78, 5) is 11.6. The van der Waals surface area contributed by atoms with Gasteiger partial charge < -0.3 is 16.0 Å². The first-order valence-electron chi connectivity index (χ1n) is 6.49. The lowest BCUT2D eigenvalue weighted by Crippen LogP contribution is -2.29. The minimum absolute atomic E-state index is 0.141. The fourth-order valence-electron chi connectivity index (χ4n) is 1.61. The maximum Gasteiger partial charge on any atom is 0.319 e. The fraction of sp³-hybridized carbons (Fsp3) is 0.500. The van der Waals surface area contributed by atoms with Gasteiger partial charge in [0.1, 0.15) is 0 Å². The van der Waals surface area contributed by atoms with Crippen molar-refractivity contribution >= 4 is 11.7 Å². The van der Waals surface area contributed by atoms with E-state index in [4.69, 9.17) is 0 Å². The minimum atomic E-state index is -0.141. The van der Waals surface area contributed by atoms with E-state index in [0.29, 0.717) is 0 Å². The molecule has 0 saturated carbocycles. The molecule has 0 aromatic heterocycles. The highest BCUT2D eigenvalue weighted by molar-refractivity contribution is 5.89. The first-order valence-corrected chi connectivity index (χ1v) is 6.49. The van der Waals surface area contributed by atoms with Gasteiger partial charge in [0, 0.05) is 18.3 Å². The second-order valence-corrected chi connectivity index (χ2v) is 4.37. The Morgan fingerprint density at radius 2 is 2.17 bits per heavy atom. The summed E-state index contributed by atoms with van der Waals surface area (Å²) in [5.41, 5.74) is 1.98. The predicted molar refractivity (Wildman–Crippen MR) is 75.8 cm³/mol. The van der Waals surface area contributed by atoms with Crippen LogP contribution < -0.4 is 16.0 Å². The maximum atomic E-state index is 11.6. The van der Waals surface area contributed by atoms with Crippen LogP contribution in [-0.2, 0) is 0 Å². The Morgan fingerprint density at radius 3 is 2.83 bits per heavy atom. The summed E-state index contributed by atoms with van der Waals surface area (Å²) in [5.74, 6) is 0. The molecule has 0 saturated heterocycles. The van der Waals surface area contributed by atoms with E-state index >= 15 is 0 Å². The van der Waals surface area contributed by atoms with Gasteiger partial charge in [0.05, 0.1) is 0 Å². The number of carbonyl (C=O) groups excluding carboxylic acids is 1. The first kappa shape index (κ1) is 14.5. The maximum absolute atomic E-state index is 11.6. The predicted octanol–water partition coefficient (Wildman–Crippen LogP) is 2.89. The summed E-state index contributed by atoms with van der Waals surface area (Å²) in [5, 5.41) is 8.85. The van der Waals surface area contributed by atoms with E-state index in [1.807, 2.05) is 31.3 Å². The normalized spacial score (nSPS) is 11.9. The zero-order valence-corrected chi connectivity index (χ0v) is 11.4. The zero-order chi connectivity index (χ0) is 13.4. The lowest BCUT2D eigenvalue weighted by atomic mass is 10.1. The molecule has 2 amide bonds. The van der Waals surface area contributed by atoms with E-state index in [1.54, 1.807) is 0 Å². The Hall–Kier alpha value is -1.55. The lowest BCUT2D eigenvalue weighted by molar-refractivity contribution is 0.252. The van der Waals surface area contributed by atoms with Crippen LogP contribution in [0.2, 0.25) is 0 Å². The molecule has 0 heterocycles. The summed E-state index contributed by atoms with van der Waals surface area (Å²) < 4.78 is 0. The van der Waals surface area contributed by atoms with Crippen molar-refractivity contribution in [2.75, 3.05) is 18.9 Å². The summed E-state index contributed by atoms with van der Waals surface area (Å²) in [6.07, 6.45) is 2.08. The van der Waals surface area contributed by atoms with Crippen molar-refractivity contribution in [3.63, 3.8) is 0 Å². The average molecular weight is 249 g/mol. The Kier molecular flexibility index (Phi) is 6.22. The van der Waals surface area contributed by atoms with Crippen molar-refractivity contribution in [3.05, 3.63) is 29.8 Å². The molecule has 0 radical (unpaired) electrons. The van der Waals surface area contributed by atoms with Gasteiger partial charge in [0.25, 0.3) is 0 Å². The van der Waals surface area contributed by atoms with Crippen molar-refractivity contribution < 1.29 is 4.79 Å². The number of hydrogen-bond donors (Lipinski definition) is 3. The second kappa shape index (κ2) is 7.71. The molecule has 0 aliphatic heterocycles. The quantitative estimate of drug-likeness (QED) is 0.679. The summed E-state index contributed by atoms with van der Waals surface area (Å²) in [6.45, 7) is 4.90. The molecule has 0 spiro atoms. The van der Waals surface area contributed by atoms with Crippen LogP contribution in [0.5, 0.6) is 0 Å². The van der Waals surface area contributed by atoms with Gasteiger partial charge in [0.2, 0.25) is 0 Å². The standard InChI is InChI=1S/C14H23N3O/c1-4-5-9-16-14(18)17-13-8-6-7-12(10-13)11(2)15-3/h6-8,10-11,15H,4-5,9H2,1-3H3,(H2,16,17,18). The van der Waals surface area contributed by atoms with Crippen LogP contribution in [-0.4, -0.2) is 19.6 Å². The molecule has 0 fully saturated rings. The zero-order valence-electron chi connectivity index (χ0n) is 11.4. The minimum Gasteiger partial charge on any atom is -0.338 e. The molecule has 3 N–H and O–H groups in total. The molecular weight excluding hydrogens is 226 g/mol. The number of benzene rings is 1. The van der Waals surface area contributed by atoms with E-state index in [2.05, 4.69) is 29.8 Å². The smallest absolute Gasteiger partial charge is 0.319 e. The van der Waals surface area contributed by atoms with Crippen molar-refractivity contribution in [2.24, 2.45) is 0 Å². The Balaban J connectivity index is 2.53. The van der Waals surface area contributed by atoms with Crippen LogP contribution in [0.1, 0.15) is 38.3 Å². The van der Waals surface area contributed by atoms with Gasteiger partial charge >= 0.3 is 6.03 Å². The lowest BCUT2D eigenvalue weighted by Gasteiger charge is -2.13. The third-order valence-corrected chi connectivity index (χ3v) is 2.89. The molecule has 18 heavy (non-hydrogen) atoms. The van der Waals surface area contributed by atoms with Crippen molar-refractivity contribution in [1.29, 1.82) is 0 Å². The van der Waals surface area contributed by atoms with E-state index in [9.17, 15) is 4.79 Å². The number of amides is 2. The third-order valence-electron chi connectivity index (χ3n) is 2.89. The number of urea groups is 1. The number of unbranched alkanes of at least 4 members (excludes halogenated alkanes) is 1. The number of carbonyl (C=O) groups is 1. The van der Waals surface area contributed by atoms with Crippen LogP contribution in [0.25, 0.3) is 0 Å². The molecular formula is C14H23N3O. The van der Waals surface area contributed by atoms with Gasteiger partial charge in [-0.3, -0.25) is 0 Å². The molecule has 4 heteroatoms. The molecule has 0 bridgehead atoms. The number of anilines is 1. The highest BCUT2D eigenvalue weighted by Crippen LogP contribution is 2.16. The Bertz CT molecular complexity index is 379. The van der Waals surface area contributed by atoms with E-state index in [-0.39, 0.29) is 12.1 Å². The summed E-state index contributed by atoms with van der Waals surface area (Å²) in [6, 6.07) is 8.01. The van der Waals surface area contributed by atoms with Crippen molar-refractivity contribution in [2.45, 2.75) is 32.7 Å². The van der Waals surface area contributed by atoms with Gasteiger partial charge in [-0.1, -0.05) is 25.5 Å². The second-order valence-electron chi connectivity index (χ2n) is 4.37. The van der Waals surface area contributed by atoms with Crippen LogP contribution in [0, 0.1) is 0 Å². The molecule has 0 aliphatic rings. The molecule has 100 valence electrons. The van der Waals surface area contributed by atoms with Crippen molar-refractivity contribution in [1.82, 2.24) is 10.6 Å². The van der Waals surface area contributed by atoms with Gasteiger partial charge in [0.15, 0.2) is 0 Å². The highest BCUT2D eigenvalue weighted by atomic mass is 16.2. The molecule has 1 aromatic carbocycles. The summed E-state index contributed by atoms with van der Waals surface area (Å²) in [7, 11) is 1.92. The molecule has 1 unspecified atom stereocenters. The van der Waals surface area contributed by atoms with Crippen LogP contribution in [0.4, 0.5) is 10.5 Å². The Labute approximate surface area is 109 Å². The molecule has 4 nitrogen and oxygen atoms in total. The summed E-state index contributed by atoms with van der Waals surface area (Å²) >= 11 is 0. The van der Waals surface area contributed by atoms with Gasteiger partial charge in [-0.25, -0.2) is 4.79 Å². The van der Waals surface area contributed by atoms with E-state index < -0.39 is 0 Å². The van der Waals surface area contributed by atoms with Gasteiger partial charge in [-0.15, -0.1) is 0 Å². The van der Waals surface area contributed by atoms with E-state index in [0.717, 1.165) is 30.6 Å². The van der Waals surface area contributed by atoms with E-state index in [1.165, 1.54) is 0 Å². The fourth-order valence-corrected chi connectivity index (χ4v) is 1.61. The largest absolute Gasteiger partial charge is 0.338 e. The average Bonchev–Trinajstić information content (AvgIpc) is 2.38. The van der Waals surface area contributed by atoms with Gasteiger partial charge in [-0.05, 0) is 38.1 Å². The molecule has 1 rings (SSSR count). The topological polar surface area (TPSA) is 53.2 Å². The Morgan fingerprint density at radius 1 is 1.39 bits per heavy atom. The SMILES string of the molecule is CCCCNC(=O)Nc1cccc(C(C)NC)c1. The molecule has 0 aliphatic carbocycles. The monoisotopic (exact) mass is 249 g/mol. The number of nitrogens with one attached hydrogen (secondary N) is 3. The molecule has 1 atom stereocenters. The highest BCUT2D eigenvalue weighted by Gasteiger charge is 2.05. The van der Waals surface area contributed by atoms with Gasteiger partial charge in [-0.2, -0.15) is 0 Å². The van der Waals surface area contributed by atoms with Crippen LogP contribution in [0.3, 0.4) is 0 Å². The number of hydrogen-bond acceptors (Lipinski definition) is 2. The first-order chi connectivity index (χ1) is 8.67. The molecule has 1 aromatic rings. The van der Waals surface area contributed by atoms with Crippen molar-refractivity contribution in [3.8, 4) is 0 Å². The van der Waals surface area contributed by atoms with Crippen LogP contribution >= 0.6 is 0 Å². The van der Waals surface area contributed by atoms with Crippen LogP contribution in [0.15, 0.2) is 24.3 Å². The number of rotatable bonds is 6.